The molecule has 0 radical (unpaired) electrons. The van der Waals surface area contributed by atoms with Crippen LogP contribution in [-0.4, -0.2) is 46.5 Å². The molecule has 2 rings (SSSR count). The van der Waals surface area contributed by atoms with Gasteiger partial charge in [-0.15, -0.1) is 0 Å². The quantitative estimate of drug-likeness (QED) is 0.467. The van der Waals surface area contributed by atoms with E-state index in [4.69, 9.17) is 16.3 Å². The van der Waals surface area contributed by atoms with Crippen LogP contribution in [0.3, 0.4) is 0 Å². The number of halogens is 1. The Hall–Kier alpha value is -1.73. The zero-order chi connectivity index (χ0) is 14.0. The largest absolute Gasteiger partial charge is 0.377 e. The highest BCUT2D eigenvalue weighted by Gasteiger charge is 2.30. The number of amides is 1. The average molecular weight is 286 g/mol. The number of nitrogens with zero attached hydrogens (tertiary/aromatic N) is 3. The topological polar surface area (TPSA) is 85.6 Å². The summed E-state index contributed by atoms with van der Waals surface area (Å²) in [7, 11) is 0. The molecule has 0 bridgehead atoms. The van der Waals surface area contributed by atoms with Crippen molar-refractivity contribution in [2.75, 3.05) is 19.8 Å². The molecule has 19 heavy (non-hydrogen) atoms. The van der Waals surface area contributed by atoms with Crippen molar-refractivity contribution in [3.05, 3.63) is 33.1 Å². The summed E-state index contributed by atoms with van der Waals surface area (Å²) in [4.78, 5) is 27.8. The van der Waals surface area contributed by atoms with Crippen LogP contribution < -0.4 is 0 Å². The van der Waals surface area contributed by atoms with E-state index in [1.54, 1.807) is 4.90 Å². The molecular weight excluding hydrogens is 274 g/mol. The monoisotopic (exact) mass is 285 g/mol. The molecule has 1 saturated heterocycles. The predicted octanol–water partition coefficient (Wildman–Crippen LogP) is 1.50. The molecule has 0 aliphatic carbocycles. The van der Waals surface area contributed by atoms with E-state index in [2.05, 4.69) is 4.98 Å². The van der Waals surface area contributed by atoms with Gasteiger partial charge in [0.15, 0.2) is 0 Å². The summed E-state index contributed by atoms with van der Waals surface area (Å²) in [6, 6.07) is 1.09. The summed E-state index contributed by atoms with van der Waals surface area (Å²) >= 11 is 5.71. The third-order valence-corrected chi connectivity index (χ3v) is 3.11. The number of hydrogen-bond acceptors (Lipinski definition) is 5. The van der Waals surface area contributed by atoms with Gasteiger partial charge >= 0.3 is 0 Å². The molecule has 0 saturated carbocycles. The van der Waals surface area contributed by atoms with Crippen molar-refractivity contribution in [2.24, 2.45) is 0 Å². The molecule has 1 atom stereocenters. The molecule has 1 aromatic heterocycles. The van der Waals surface area contributed by atoms with Gasteiger partial charge in [0.2, 0.25) is 0 Å². The minimum absolute atomic E-state index is 0.0428. The SMILES string of the molecule is CC1COCCN1C(=O)c1cc(Cl)ncc1[N+](=O)[O-]. The zero-order valence-electron chi connectivity index (χ0n) is 10.2. The molecule has 0 aromatic carbocycles. The van der Waals surface area contributed by atoms with Gasteiger partial charge in [-0.1, -0.05) is 11.6 Å². The third-order valence-electron chi connectivity index (χ3n) is 2.91. The van der Waals surface area contributed by atoms with Crippen molar-refractivity contribution in [3.63, 3.8) is 0 Å². The van der Waals surface area contributed by atoms with E-state index in [0.717, 1.165) is 6.20 Å². The molecule has 0 spiro atoms. The minimum Gasteiger partial charge on any atom is -0.377 e. The third kappa shape index (κ3) is 2.82. The van der Waals surface area contributed by atoms with Gasteiger partial charge in [0, 0.05) is 6.54 Å². The van der Waals surface area contributed by atoms with E-state index in [0.29, 0.717) is 19.8 Å². The molecule has 1 aliphatic heterocycles. The van der Waals surface area contributed by atoms with Gasteiger partial charge in [0.1, 0.15) is 16.9 Å². The fraction of sp³-hybridized carbons (Fsp3) is 0.455. The summed E-state index contributed by atoms with van der Waals surface area (Å²) in [5.41, 5.74) is -0.383. The molecule has 2 heterocycles. The van der Waals surface area contributed by atoms with Crippen LogP contribution >= 0.6 is 11.6 Å². The summed E-state index contributed by atoms with van der Waals surface area (Å²) in [6.07, 6.45) is 1.00. The van der Waals surface area contributed by atoms with E-state index in [1.165, 1.54) is 6.07 Å². The Morgan fingerprint density at radius 3 is 3.05 bits per heavy atom. The molecule has 7 nitrogen and oxygen atoms in total. The lowest BCUT2D eigenvalue weighted by molar-refractivity contribution is -0.385. The first-order valence-corrected chi connectivity index (χ1v) is 6.07. The van der Waals surface area contributed by atoms with Crippen LogP contribution in [0.25, 0.3) is 0 Å². The number of carbonyl (C=O) groups is 1. The van der Waals surface area contributed by atoms with E-state index < -0.39 is 10.8 Å². The molecule has 1 aromatic rings. The van der Waals surface area contributed by atoms with Crippen LogP contribution in [0, 0.1) is 10.1 Å². The number of pyridine rings is 1. The van der Waals surface area contributed by atoms with Crippen LogP contribution in [0.5, 0.6) is 0 Å². The van der Waals surface area contributed by atoms with Crippen molar-refractivity contribution in [1.82, 2.24) is 9.88 Å². The highest BCUT2D eigenvalue weighted by atomic mass is 35.5. The van der Waals surface area contributed by atoms with Gasteiger partial charge in [-0.2, -0.15) is 0 Å². The first-order valence-electron chi connectivity index (χ1n) is 5.69. The minimum atomic E-state index is -0.637. The molecule has 1 fully saturated rings. The van der Waals surface area contributed by atoms with Crippen molar-refractivity contribution < 1.29 is 14.5 Å². The normalized spacial score (nSPS) is 19.3. The van der Waals surface area contributed by atoms with Crippen molar-refractivity contribution in [2.45, 2.75) is 13.0 Å². The lowest BCUT2D eigenvalue weighted by atomic mass is 10.1. The Balaban J connectivity index is 2.37. The number of nitro groups is 1. The Bertz CT molecular complexity index is 523. The Kier molecular flexibility index (Phi) is 3.96. The molecule has 102 valence electrons. The molecule has 0 N–H and O–H groups in total. The highest BCUT2D eigenvalue weighted by molar-refractivity contribution is 6.29. The van der Waals surface area contributed by atoms with Gasteiger partial charge in [0.25, 0.3) is 11.6 Å². The highest BCUT2D eigenvalue weighted by Crippen LogP contribution is 2.23. The first-order chi connectivity index (χ1) is 9.00. The predicted molar refractivity (Wildman–Crippen MR) is 67.2 cm³/mol. The Morgan fingerprint density at radius 1 is 1.68 bits per heavy atom. The number of rotatable bonds is 2. The summed E-state index contributed by atoms with van der Waals surface area (Å²) in [5.74, 6) is -0.424. The van der Waals surface area contributed by atoms with E-state index in [-0.39, 0.29) is 22.4 Å². The number of morpholine rings is 1. The number of carbonyl (C=O) groups excluding carboxylic acids is 1. The number of hydrogen-bond donors (Lipinski definition) is 0. The summed E-state index contributed by atoms with van der Waals surface area (Å²) in [5, 5.41) is 11.0. The standard InChI is InChI=1S/C11H12ClN3O4/c1-7-6-19-3-2-14(7)11(16)8-4-10(12)13-5-9(8)15(17)18/h4-5,7H,2-3,6H2,1H3. The maximum Gasteiger partial charge on any atom is 0.300 e. The molecular formula is C11H12ClN3O4. The summed E-state index contributed by atoms with van der Waals surface area (Å²) < 4.78 is 5.23. The van der Waals surface area contributed by atoms with Gasteiger partial charge in [-0.3, -0.25) is 14.9 Å². The molecule has 1 aliphatic rings. The van der Waals surface area contributed by atoms with E-state index in [9.17, 15) is 14.9 Å². The van der Waals surface area contributed by atoms with Crippen LogP contribution in [0.2, 0.25) is 5.15 Å². The fourth-order valence-corrected chi connectivity index (χ4v) is 2.08. The second kappa shape index (κ2) is 5.50. The van der Waals surface area contributed by atoms with Crippen LogP contribution in [-0.2, 0) is 4.74 Å². The van der Waals surface area contributed by atoms with Gasteiger partial charge in [-0.05, 0) is 13.0 Å². The maximum atomic E-state index is 12.4. The fourth-order valence-electron chi connectivity index (χ4n) is 1.92. The van der Waals surface area contributed by atoms with Crippen molar-refractivity contribution in [3.8, 4) is 0 Å². The van der Waals surface area contributed by atoms with Gasteiger partial charge < -0.3 is 9.64 Å². The molecule has 8 heteroatoms. The zero-order valence-corrected chi connectivity index (χ0v) is 11.0. The van der Waals surface area contributed by atoms with Crippen LogP contribution in [0.15, 0.2) is 12.3 Å². The number of ether oxygens (including phenoxy) is 1. The smallest absolute Gasteiger partial charge is 0.300 e. The van der Waals surface area contributed by atoms with Gasteiger partial charge in [-0.25, -0.2) is 4.98 Å². The van der Waals surface area contributed by atoms with Crippen LogP contribution in [0.4, 0.5) is 5.69 Å². The second-order valence-electron chi connectivity index (χ2n) is 4.20. The lowest BCUT2D eigenvalue weighted by Gasteiger charge is -2.33. The molecule has 1 unspecified atom stereocenters. The Labute approximate surface area is 114 Å². The molecule has 1 amide bonds. The van der Waals surface area contributed by atoms with Gasteiger partial charge in [0.05, 0.1) is 24.2 Å². The summed E-state index contributed by atoms with van der Waals surface area (Å²) in [6.45, 7) is 3.06. The van der Waals surface area contributed by atoms with E-state index in [1.807, 2.05) is 6.92 Å². The Morgan fingerprint density at radius 2 is 2.42 bits per heavy atom. The van der Waals surface area contributed by atoms with Crippen molar-refractivity contribution >= 4 is 23.2 Å². The second-order valence-corrected chi connectivity index (χ2v) is 4.59. The first kappa shape index (κ1) is 13.7. The number of aromatic nitrogens is 1. The van der Waals surface area contributed by atoms with E-state index >= 15 is 0 Å². The van der Waals surface area contributed by atoms with Crippen LogP contribution in [0.1, 0.15) is 17.3 Å². The average Bonchev–Trinajstić information content (AvgIpc) is 2.38. The maximum absolute atomic E-state index is 12.4. The lowest BCUT2D eigenvalue weighted by Crippen LogP contribution is -2.47. The van der Waals surface area contributed by atoms with Crippen molar-refractivity contribution in [1.29, 1.82) is 0 Å².